The van der Waals surface area contributed by atoms with E-state index < -0.39 is 0 Å². The molecule has 31 heavy (non-hydrogen) atoms. The summed E-state index contributed by atoms with van der Waals surface area (Å²) in [6.45, 7) is 9.99. The Labute approximate surface area is 193 Å². The van der Waals surface area contributed by atoms with Crippen LogP contribution >= 0.6 is 0 Å². The van der Waals surface area contributed by atoms with Gasteiger partial charge in [-0.15, -0.1) is 0 Å². The van der Waals surface area contributed by atoms with E-state index in [1.807, 2.05) is 0 Å². The van der Waals surface area contributed by atoms with Crippen LogP contribution in [-0.2, 0) is 9.47 Å². The minimum atomic E-state index is 0.483. The monoisotopic (exact) mass is 432 g/mol. The molecule has 4 rings (SSSR count). The summed E-state index contributed by atoms with van der Waals surface area (Å²) in [6, 6.07) is 0. The van der Waals surface area contributed by atoms with Gasteiger partial charge in [-0.05, 0) is 132 Å². The topological polar surface area (TPSA) is 18.5 Å². The van der Waals surface area contributed by atoms with E-state index in [1.165, 1.54) is 103 Å². The Morgan fingerprint density at radius 2 is 0.677 bits per heavy atom. The van der Waals surface area contributed by atoms with Crippen LogP contribution in [0.1, 0.15) is 130 Å². The van der Waals surface area contributed by atoms with Gasteiger partial charge >= 0.3 is 0 Å². The lowest BCUT2D eigenvalue weighted by Gasteiger charge is -2.47. The lowest BCUT2D eigenvalue weighted by Crippen LogP contribution is -2.40. The van der Waals surface area contributed by atoms with Crippen LogP contribution in [0.25, 0.3) is 0 Å². The molecule has 0 bridgehead atoms. The van der Waals surface area contributed by atoms with Crippen molar-refractivity contribution in [2.75, 3.05) is 0 Å². The smallest absolute Gasteiger partial charge is 0.0579 e. The third-order valence-corrected chi connectivity index (χ3v) is 10.1. The van der Waals surface area contributed by atoms with Gasteiger partial charge in [0.15, 0.2) is 0 Å². The van der Waals surface area contributed by atoms with Gasteiger partial charge in [-0.1, -0.05) is 27.7 Å². The minimum Gasteiger partial charge on any atom is -0.375 e. The van der Waals surface area contributed by atoms with Crippen LogP contribution in [0.5, 0.6) is 0 Å². The van der Waals surface area contributed by atoms with Crippen molar-refractivity contribution in [1.82, 2.24) is 0 Å². The van der Waals surface area contributed by atoms with E-state index in [0.29, 0.717) is 29.8 Å². The SMILES string of the molecule is CC1CCC(OC2CCC(C(C)(C)C3CCC(OC4CCC(C)CC4)CC3)CC2)CC1. The van der Waals surface area contributed by atoms with E-state index in [-0.39, 0.29) is 0 Å². The molecule has 2 heteroatoms. The lowest BCUT2D eigenvalue weighted by atomic mass is 9.60. The number of hydrogen-bond donors (Lipinski definition) is 0. The van der Waals surface area contributed by atoms with E-state index in [2.05, 4.69) is 27.7 Å². The third kappa shape index (κ3) is 6.50. The van der Waals surface area contributed by atoms with Crippen LogP contribution in [0.15, 0.2) is 0 Å². The van der Waals surface area contributed by atoms with E-state index >= 15 is 0 Å². The first-order valence-corrected chi connectivity index (χ1v) is 14.2. The second-order valence-electron chi connectivity index (χ2n) is 12.8. The van der Waals surface area contributed by atoms with Crippen LogP contribution in [0.2, 0.25) is 0 Å². The summed E-state index contributed by atoms with van der Waals surface area (Å²) in [4.78, 5) is 0. The average Bonchev–Trinajstić information content (AvgIpc) is 2.78. The molecule has 0 aromatic rings. The fraction of sp³-hybridized carbons (Fsp3) is 1.00. The third-order valence-electron chi connectivity index (χ3n) is 10.1. The van der Waals surface area contributed by atoms with Crippen molar-refractivity contribution in [3.8, 4) is 0 Å². The molecule has 0 heterocycles. The standard InChI is InChI=1S/C29H52O2/c1-21-5-13-25(14-6-21)30-27-17-9-23(10-18-27)29(3,4)24-11-19-28(20-12-24)31-26-15-7-22(2)8-16-26/h21-28H,5-20H2,1-4H3. The van der Waals surface area contributed by atoms with Crippen LogP contribution in [0.4, 0.5) is 0 Å². The van der Waals surface area contributed by atoms with Crippen molar-refractivity contribution in [2.24, 2.45) is 29.1 Å². The van der Waals surface area contributed by atoms with Crippen molar-refractivity contribution in [3.63, 3.8) is 0 Å². The van der Waals surface area contributed by atoms with Gasteiger partial charge in [0.25, 0.3) is 0 Å². The molecule has 4 saturated carbocycles. The summed E-state index contributed by atoms with van der Waals surface area (Å²) in [5.41, 5.74) is 0.483. The zero-order chi connectivity index (χ0) is 21.8. The first-order valence-electron chi connectivity index (χ1n) is 14.2. The molecular formula is C29H52O2. The van der Waals surface area contributed by atoms with Crippen molar-refractivity contribution >= 4 is 0 Å². The van der Waals surface area contributed by atoms with Crippen LogP contribution in [0, 0.1) is 29.1 Å². The maximum absolute atomic E-state index is 6.56. The fourth-order valence-electron chi connectivity index (χ4n) is 7.49. The number of ether oxygens (including phenoxy) is 2. The van der Waals surface area contributed by atoms with E-state index in [1.54, 1.807) is 0 Å². The van der Waals surface area contributed by atoms with Crippen LogP contribution in [0.3, 0.4) is 0 Å². The zero-order valence-corrected chi connectivity index (χ0v) is 21.2. The van der Waals surface area contributed by atoms with Crippen LogP contribution in [-0.4, -0.2) is 24.4 Å². The second kappa shape index (κ2) is 10.9. The molecule has 0 amide bonds. The van der Waals surface area contributed by atoms with Gasteiger partial charge in [-0.2, -0.15) is 0 Å². The summed E-state index contributed by atoms with van der Waals surface area (Å²) >= 11 is 0. The van der Waals surface area contributed by atoms with Gasteiger partial charge in [-0.25, -0.2) is 0 Å². The predicted molar refractivity (Wildman–Crippen MR) is 130 cm³/mol. The van der Waals surface area contributed by atoms with Gasteiger partial charge in [0.05, 0.1) is 24.4 Å². The minimum absolute atomic E-state index is 0.483. The molecule has 4 aliphatic carbocycles. The van der Waals surface area contributed by atoms with Crippen molar-refractivity contribution in [2.45, 2.75) is 155 Å². The first-order chi connectivity index (χ1) is 14.9. The van der Waals surface area contributed by atoms with E-state index in [0.717, 1.165) is 23.7 Å². The number of rotatable bonds is 6. The Morgan fingerprint density at radius 3 is 0.968 bits per heavy atom. The fourth-order valence-corrected chi connectivity index (χ4v) is 7.49. The quantitative estimate of drug-likeness (QED) is 0.420. The maximum atomic E-state index is 6.56. The van der Waals surface area contributed by atoms with E-state index in [9.17, 15) is 0 Å². The Kier molecular flexibility index (Phi) is 8.46. The largest absolute Gasteiger partial charge is 0.375 e. The van der Waals surface area contributed by atoms with Crippen LogP contribution < -0.4 is 0 Å². The summed E-state index contributed by atoms with van der Waals surface area (Å²) in [5, 5.41) is 0. The molecule has 0 unspecified atom stereocenters. The molecule has 4 fully saturated rings. The van der Waals surface area contributed by atoms with Crippen molar-refractivity contribution in [1.29, 1.82) is 0 Å². The maximum Gasteiger partial charge on any atom is 0.0579 e. The van der Waals surface area contributed by atoms with E-state index in [4.69, 9.17) is 9.47 Å². The van der Waals surface area contributed by atoms with Gasteiger partial charge in [0.2, 0.25) is 0 Å². The molecule has 0 N–H and O–H groups in total. The Bertz CT molecular complexity index is 465. The Morgan fingerprint density at radius 1 is 0.419 bits per heavy atom. The van der Waals surface area contributed by atoms with Crippen molar-refractivity contribution < 1.29 is 9.47 Å². The predicted octanol–water partition coefficient (Wildman–Crippen LogP) is 8.32. The van der Waals surface area contributed by atoms with Crippen molar-refractivity contribution in [3.05, 3.63) is 0 Å². The van der Waals surface area contributed by atoms with Gasteiger partial charge < -0.3 is 9.47 Å². The molecule has 0 radical (unpaired) electrons. The number of hydrogen-bond acceptors (Lipinski definition) is 2. The Hall–Kier alpha value is -0.0800. The Balaban J connectivity index is 1.17. The summed E-state index contributed by atoms with van der Waals surface area (Å²) < 4.78 is 13.1. The summed E-state index contributed by atoms with van der Waals surface area (Å²) in [5.74, 6) is 3.62. The molecule has 0 aromatic heterocycles. The molecule has 0 aromatic carbocycles. The van der Waals surface area contributed by atoms with Gasteiger partial charge in [-0.3, -0.25) is 0 Å². The summed E-state index contributed by atoms with van der Waals surface area (Å²) in [7, 11) is 0. The highest BCUT2D eigenvalue weighted by Gasteiger charge is 2.41. The second-order valence-corrected chi connectivity index (χ2v) is 12.8. The molecule has 2 nitrogen and oxygen atoms in total. The molecule has 0 spiro atoms. The highest BCUT2D eigenvalue weighted by Crippen LogP contribution is 2.49. The summed E-state index contributed by atoms with van der Waals surface area (Å²) in [6.07, 6.45) is 23.7. The molecule has 4 aliphatic rings. The molecule has 0 aliphatic heterocycles. The molecule has 180 valence electrons. The normalized spacial score (nSPS) is 43.0. The lowest BCUT2D eigenvalue weighted by molar-refractivity contribution is -0.0809. The molecule has 0 saturated heterocycles. The zero-order valence-electron chi connectivity index (χ0n) is 21.2. The molecular weight excluding hydrogens is 380 g/mol. The highest BCUT2D eigenvalue weighted by molar-refractivity contribution is 4.91. The average molecular weight is 433 g/mol. The highest BCUT2D eigenvalue weighted by atomic mass is 16.5. The first kappa shape index (κ1) is 24.1. The van der Waals surface area contributed by atoms with Gasteiger partial charge in [0, 0.05) is 0 Å². The van der Waals surface area contributed by atoms with Gasteiger partial charge in [0.1, 0.15) is 0 Å². The molecule has 0 atom stereocenters.